The maximum Gasteiger partial charge on any atom is 1.00 e. The Morgan fingerprint density at radius 1 is 1.25 bits per heavy atom. The Balaban J connectivity index is 0.00000225. The van der Waals surface area contributed by atoms with Gasteiger partial charge in [-0.2, -0.15) is 0 Å². The third-order valence-electron chi connectivity index (χ3n) is 1.83. The van der Waals surface area contributed by atoms with Crippen molar-refractivity contribution in [3.8, 4) is 5.75 Å². The van der Waals surface area contributed by atoms with E-state index >= 15 is 0 Å². The normalized spacial score (nSPS) is 10.6. The van der Waals surface area contributed by atoms with Gasteiger partial charge in [0.25, 0.3) is 0 Å². The predicted octanol–water partition coefficient (Wildman–Crippen LogP) is -1.69. The molecule has 0 heterocycles. The monoisotopic (exact) mass is 252 g/mol. The predicted molar refractivity (Wildman–Crippen MR) is 55.9 cm³/mol. The minimum Gasteiger partial charge on any atom is -0.748 e. The van der Waals surface area contributed by atoms with Gasteiger partial charge in [-0.1, -0.05) is 17.7 Å². The fourth-order valence-electron chi connectivity index (χ4n) is 1.06. The van der Waals surface area contributed by atoms with Gasteiger partial charge in [-0.3, -0.25) is 0 Å². The van der Waals surface area contributed by atoms with Crippen molar-refractivity contribution in [2.45, 2.75) is 13.3 Å². The Bertz CT molecular complexity index is 399. The SMILES string of the molecule is Cc1ccc(OCCCS(=O)(=O)[O-])cc1.[Na+]. The average molecular weight is 252 g/mol. The van der Waals surface area contributed by atoms with Crippen molar-refractivity contribution in [3.05, 3.63) is 29.8 Å². The van der Waals surface area contributed by atoms with E-state index in [-0.39, 0.29) is 48.3 Å². The topological polar surface area (TPSA) is 66.4 Å². The average Bonchev–Trinajstić information content (AvgIpc) is 2.14. The quantitative estimate of drug-likeness (QED) is 0.356. The van der Waals surface area contributed by atoms with Crippen LogP contribution in [0.3, 0.4) is 0 Å². The Hall–Kier alpha value is -0.0700. The zero-order valence-electron chi connectivity index (χ0n) is 9.47. The summed E-state index contributed by atoms with van der Waals surface area (Å²) in [5.74, 6) is 0.308. The summed E-state index contributed by atoms with van der Waals surface area (Å²) in [6, 6.07) is 7.42. The van der Waals surface area contributed by atoms with E-state index in [4.69, 9.17) is 4.74 Å². The first-order chi connectivity index (χ1) is 6.97. The largest absolute Gasteiger partial charge is 1.00 e. The second kappa shape index (κ2) is 7.29. The minimum absolute atomic E-state index is 0. The van der Waals surface area contributed by atoms with Gasteiger partial charge in [0.1, 0.15) is 5.75 Å². The molecule has 0 N–H and O–H groups in total. The molecule has 0 bridgehead atoms. The molecule has 0 aromatic heterocycles. The van der Waals surface area contributed by atoms with Gasteiger partial charge in [0.2, 0.25) is 0 Å². The first-order valence-electron chi connectivity index (χ1n) is 4.60. The van der Waals surface area contributed by atoms with Gasteiger partial charge >= 0.3 is 29.6 Å². The number of hydrogen-bond acceptors (Lipinski definition) is 4. The summed E-state index contributed by atoms with van der Waals surface area (Å²) in [5, 5.41) is 0. The summed E-state index contributed by atoms with van der Waals surface area (Å²) in [5.41, 5.74) is 1.13. The molecule has 1 aromatic rings. The standard InChI is InChI=1S/C10H14O4S.Na/c1-9-3-5-10(6-4-9)14-7-2-8-15(11,12)13;/h3-6H,2,7-8H2,1H3,(H,11,12,13);/q;+1/p-1. The Morgan fingerprint density at radius 2 is 1.81 bits per heavy atom. The Labute approximate surface area is 118 Å². The molecule has 0 unspecified atom stereocenters. The van der Waals surface area contributed by atoms with Gasteiger partial charge in [-0.05, 0) is 25.5 Å². The molecule has 84 valence electrons. The molecule has 0 aliphatic heterocycles. The van der Waals surface area contributed by atoms with Crippen LogP contribution in [0.1, 0.15) is 12.0 Å². The molecule has 0 fully saturated rings. The van der Waals surface area contributed by atoms with E-state index in [1.54, 1.807) is 12.1 Å². The number of benzene rings is 1. The summed E-state index contributed by atoms with van der Waals surface area (Å²) in [4.78, 5) is 0. The molecule has 16 heavy (non-hydrogen) atoms. The molecule has 0 aliphatic carbocycles. The van der Waals surface area contributed by atoms with Crippen LogP contribution in [0.25, 0.3) is 0 Å². The molecule has 0 amide bonds. The van der Waals surface area contributed by atoms with Crippen molar-refractivity contribution in [1.29, 1.82) is 0 Å². The van der Waals surface area contributed by atoms with Crippen LogP contribution in [0.15, 0.2) is 24.3 Å². The summed E-state index contributed by atoms with van der Waals surface area (Å²) in [6.45, 7) is 2.21. The number of ether oxygens (including phenoxy) is 1. The van der Waals surface area contributed by atoms with E-state index in [1.165, 1.54) is 0 Å². The van der Waals surface area contributed by atoms with Gasteiger partial charge in [0.15, 0.2) is 0 Å². The summed E-state index contributed by atoms with van der Waals surface area (Å²) in [7, 11) is -4.12. The molecule has 0 atom stereocenters. The number of hydrogen-bond donors (Lipinski definition) is 0. The van der Waals surface area contributed by atoms with Crippen LogP contribution < -0.4 is 34.3 Å². The molecule has 0 radical (unpaired) electrons. The zero-order valence-corrected chi connectivity index (χ0v) is 12.3. The molecule has 4 nitrogen and oxygen atoms in total. The van der Waals surface area contributed by atoms with Crippen molar-refractivity contribution >= 4 is 10.1 Å². The zero-order chi connectivity index (χ0) is 11.3. The molecule has 0 saturated heterocycles. The van der Waals surface area contributed by atoms with E-state index in [0.29, 0.717) is 5.75 Å². The molecule has 0 aliphatic rings. The fraction of sp³-hybridized carbons (Fsp3) is 0.400. The summed E-state index contributed by atoms with van der Waals surface area (Å²) in [6.07, 6.45) is 0.222. The van der Waals surface area contributed by atoms with Crippen LogP contribution in [0.4, 0.5) is 0 Å². The smallest absolute Gasteiger partial charge is 0.748 e. The van der Waals surface area contributed by atoms with Crippen molar-refractivity contribution < 1.29 is 47.3 Å². The van der Waals surface area contributed by atoms with Gasteiger partial charge in [-0.25, -0.2) is 8.42 Å². The van der Waals surface area contributed by atoms with E-state index in [9.17, 15) is 13.0 Å². The van der Waals surface area contributed by atoms with Gasteiger partial charge < -0.3 is 9.29 Å². The minimum atomic E-state index is -4.12. The first kappa shape index (κ1) is 15.9. The van der Waals surface area contributed by atoms with Crippen molar-refractivity contribution in [2.24, 2.45) is 0 Å². The second-order valence-electron chi connectivity index (χ2n) is 3.28. The third kappa shape index (κ3) is 7.24. The van der Waals surface area contributed by atoms with Crippen molar-refractivity contribution in [3.63, 3.8) is 0 Å². The summed E-state index contributed by atoms with van der Waals surface area (Å²) >= 11 is 0. The maximum atomic E-state index is 10.3. The first-order valence-corrected chi connectivity index (χ1v) is 6.18. The molecule has 1 rings (SSSR count). The van der Waals surface area contributed by atoms with Crippen LogP contribution in [0.2, 0.25) is 0 Å². The van der Waals surface area contributed by atoms with Crippen LogP contribution in [0.5, 0.6) is 5.75 Å². The van der Waals surface area contributed by atoms with Crippen LogP contribution in [-0.2, 0) is 10.1 Å². The van der Waals surface area contributed by atoms with E-state index < -0.39 is 10.1 Å². The van der Waals surface area contributed by atoms with Crippen LogP contribution >= 0.6 is 0 Å². The van der Waals surface area contributed by atoms with Crippen LogP contribution in [0, 0.1) is 6.92 Å². The molecule has 1 aromatic carbocycles. The van der Waals surface area contributed by atoms with Crippen LogP contribution in [-0.4, -0.2) is 25.3 Å². The number of aryl methyl sites for hydroxylation is 1. The molecular weight excluding hydrogens is 239 g/mol. The van der Waals surface area contributed by atoms with Gasteiger partial charge in [-0.15, -0.1) is 0 Å². The van der Waals surface area contributed by atoms with E-state index in [0.717, 1.165) is 5.56 Å². The van der Waals surface area contributed by atoms with Crippen molar-refractivity contribution in [2.75, 3.05) is 12.4 Å². The molecular formula is C10H13NaO4S. The Kier molecular flexibility index (Phi) is 7.26. The van der Waals surface area contributed by atoms with Gasteiger partial charge in [0.05, 0.1) is 16.7 Å². The van der Waals surface area contributed by atoms with E-state index in [1.807, 2.05) is 19.1 Å². The molecule has 0 saturated carbocycles. The Morgan fingerprint density at radius 3 is 2.31 bits per heavy atom. The summed E-state index contributed by atoms with van der Waals surface area (Å²) < 4.78 is 36.1. The van der Waals surface area contributed by atoms with Crippen molar-refractivity contribution in [1.82, 2.24) is 0 Å². The second-order valence-corrected chi connectivity index (χ2v) is 4.80. The fourth-order valence-corrected chi connectivity index (χ4v) is 1.53. The molecule has 0 spiro atoms. The molecule has 6 heteroatoms. The van der Waals surface area contributed by atoms with Gasteiger partial charge in [0, 0.05) is 5.75 Å². The van der Waals surface area contributed by atoms with E-state index in [2.05, 4.69) is 0 Å². The third-order valence-corrected chi connectivity index (χ3v) is 2.62. The maximum absolute atomic E-state index is 10.3. The number of rotatable bonds is 5.